The van der Waals surface area contributed by atoms with Gasteiger partial charge in [-0.1, -0.05) is 0 Å². The molecule has 0 atom stereocenters. The first-order valence-corrected chi connectivity index (χ1v) is 6.67. The Balaban J connectivity index is 1.62. The normalized spacial score (nSPS) is 20.6. The second-order valence-corrected chi connectivity index (χ2v) is 5.23. The van der Waals surface area contributed by atoms with E-state index in [1.165, 1.54) is 0 Å². The topological polar surface area (TPSA) is 86.6 Å². The number of carbonyl (C=O) groups is 2. The molecule has 0 spiro atoms. The van der Waals surface area contributed by atoms with Crippen LogP contribution in [0.25, 0.3) is 0 Å². The van der Waals surface area contributed by atoms with E-state index in [0.717, 1.165) is 5.82 Å². The van der Waals surface area contributed by atoms with Gasteiger partial charge in [-0.2, -0.15) is 0 Å². The summed E-state index contributed by atoms with van der Waals surface area (Å²) in [6.45, 7) is 2.37. The Labute approximate surface area is 116 Å². The van der Waals surface area contributed by atoms with Crippen LogP contribution in [0, 0.1) is 5.41 Å². The van der Waals surface area contributed by atoms with Crippen molar-refractivity contribution in [1.29, 1.82) is 0 Å². The van der Waals surface area contributed by atoms with Gasteiger partial charge in [0, 0.05) is 38.6 Å². The van der Waals surface area contributed by atoms with Crippen molar-refractivity contribution in [2.45, 2.75) is 12.8 Å². The van der Waals surface area contributed by atoms with Crippen molar-refractivity contribution in [1.82, 2.24) is 14.9 Å². The number of aromatic nitrogens is 2. The molecule has 2 fully saturated rings. The molecule has 1 N–H and O–H groups in total. The van der Waals surface area contributed by atoms with Gasteiger partial charge in [0.2, 0.25) is 5.91 Å². The minimum absolute atomic E-state index is 0.233. The minimum atomic E-state index is -1.13. The minimum Gasteiger partial charge on any atom is -0.480 e. The maximum Gasteiger partial charge on any atom is 0.319 e. The van der Waals surface area contributed by atoms with Gasteiger partial charge >= 0.3 is 5.97 Å². The molecule has 3 rings (SSSR count). The van der Waals surface area contributed by atoms with Gasteiger partial charge in [-0.25, -0.2) is 4.98 Å². The highest BCUT2D eigenvalue weighted by molar-refractivity contribution is 6.04. The van der Waals surface area contributed by atoms with Crippen molar-refractivity contribution in [3.63, 3.8) is 0 Å². The van der Waals surface area contributed by atoms with E-state index in [-0.39, 0.29) is 5.91 Å². The quantitative estimate of drug-likeness (QED) is 0.781. The Morgan fingerprint density at radius 1 is 1.15 bits per heavy atom. The van der Waals surface area contributed by atoms with Gasteiger partial charge in [0.05, 0.1) is 6.20 Å². The first-order valence-electron chi connectivity index (χ1n) is 6.67. The lowest BCUT2D eigenvalue weighted by Gasteiger charge is -2.36. The summed E-state index contributed by atoms with van der Waals surface area (Å²) < 4.78 is 0. The summed E-state index contributed by atoms with van der Waals surface area (Å²) in [5, 5.41) is 9.16. The molecule has 1 aliphatic carbocycles. The van der Waals surface area contributed by atoms with Gasteiger partial charge in [0.1, 0.15) is 11.2 Å². The van der Waals surface area contributed by atoms with Crippen LogP contribution in [0.4, 0.5) is 5.82 Å². The number of rotatable bonds is 3. The third-order valence-electron chi connectivity index (χ3n) is 4.01. The molecule has 7 heteroatoms. The second-order valence-electron chi connectivity index (χ2n) is 5.23. The van der Waals surface area contributed by atoms with E-state index < -0.39 is 11.4 Å². The predicted molar refractivity (Wildman–Crippen MR) is 70.1 cm³/mol. The number of carboxylic acid groups (broad SMARTS) is 1. The third kappa shape index (κ3) is 2.09. The number of anilines is 1. The highest BCUT2D eigenvalue weighted by atomic mass is 16.4. The fourth-order valence-electron chi connectivity index (χ4n) is 2.54. The smallest absolute Gasteiger partial charge is 0.319 e. The Hall–Kier alpha value is -2.18. The van der Waals surface area contributed by atoms with Crippen molar-refractivity contribution in [3.05, 3.63) is 18.6 Å². The Morgan fingerprint density at radius 2 is 1.85 bits per heavy atom. The monoisotopic (exact) mass is 276 g/mol. The molecule has 0 bridgehead atoms. The Morgan fingerprint density at radius 3 is 2.35 bits per heavy atom. The molecule has 7 nitrogen and oxygen atoms in total. The Kier molecular flexibility index (Phi) is 3.04. The molecular weight excluding hydrogens is 260 g/mol. The summed E-state index contributed by atoms with van der Waals surface area (Å²) in [6, 6.07) is 0. The summed E-state index contributed by atoms with van der Waals surface area (Å²) >= 11 is 0. The zero-order chi connectivity index (χ0) is 14.2. The summed E-state index contributed by atoms with van der Waals surface area (Å²) in [5.74, 6) is -0.429. The first-order chi connectivity index (χ1) is 9.63. The van der Waals surface area contributed by atoms with Crippen LogP contribution in [-0.4, -0.2) is 58.0 Å². The predicted octanol–water partition coefficient (Wildman–Crippen LogP) is -0.0100. The lowest BCUT2D eigenvalue weighted by Crippen LogP contribution is -2.52. The lowest BCUT2D eigenvalue weighted by atomic mass is 10.1. The van der Waals surface area contributed by atoms with Gasteiger partial charge in [0.25, 0.3) is 0 Å². The van der Waals surface area contributed by atoms with Crippen LogP contribution in [0.2, 0.25) is 0 Å². The van der Waals surface area contributed by atoms with Gasteiger partial charge in [-0.15, -0.1) is 0 Å². The van der Waals surface area contributed by atoms with Crippen molar-refractivity contribution in [2.24, 2.45) is 5.41 Å². The molecule has 2 heterocycles. The summed E-state index contributed by atoms with van der Waals surface area (Å²) in [5.41, 5.74) is -1.13. The first kappa shape index (κ1) is 12.8. The maximum atomic E-state index is 12.3. The number of carbonyl (C=O) groups excluding carboxylic acids is 1. The summed E-state index contributed by atoms with van der Waals surface area (Å²) in [4.78, 5) is 35.4. The van der Waals surface area contributed by atoms with Crippen molar-refractivity contribution < 1.29 is 14.7 Å². The molecule has 1 aromatic heterocycles. The van der Waals surface area contributed by atoms with Crippen LogP contribution in [0.1, 0.15) is 12.8 Å². The number of hydrogen-bond acceptors (Lipinski definition) is 5. The largest absolute Gasteiger partial charge is 0.480 e. The molecule has 0 aromatic carbocycles. The van der Waals surface area contributed by atoms with E-state index in [2.05, 4.69) is 14.9 Å². The van der Waals surface area contributed by atoms with Crippen LogP contribution in [0.5, 0.6) is 0 Å². The molecular formula is C13H16N4O3. The van der Waals surface area contributed by atoms with E-state index >= 15 is 0 Å². The average molecular weight is 276 g/mol. The van der Waals surface area contributed by atoms with Gasteiger partial charge in [-0.3, -0.25) is 14.6 Å². The Bertz CT molecular complexity index is 522. The van der Waals surface area contributed by atoms with E-state index in [0.29, 0.717) is 39.0 Å². The molecule has 1 saturated carbocycles. The van der Waals surface area contributed by atoms with E-state index in [1.807, 2.05) is 0 Å². The number of carboxylic acids is 1. The molecule has 2 aliphatic rings. The van der Waals surface area contributed by atoms with E-state index in [1.54, 1.807) is 23.5 Å². The van der Waals surface area contributed by atoms with Crippen LogP contribution >= 0.6 is 0 Å². The molecule has 1 aliphatic heterocycles. The lowest BCUT2D eigenvalue weighted by molar-refractivity contribution is -0.153. The number of amides is 1. The van der Waals surface area contributed by atoms with Gasteiger partial charge in [0.15, 0.2) is 0 Å². The molecule has 1 saturated heterocycles. The fraction of sp³-hybridized carbons (Fsp3) is 0.538. The molecule has 20 heavy (non-hydrogen) atoms. The van der Waals surface area contributed by atoms with Crippen molar-refractivity contribution >= 4 is 17.7 Å². The fourth-order valence-corrected chi connectivity index (χ4v) is 2.54. The van der Waals surface area contributed by atoms with Crippen molar-refractivity contribution in [3.8, 4) is 0 Å². The van der Waals surface area contributed by atoms with Crippen molar-refractivity contribution in [2.75, 3.05) is 31.1 Å². The zero-order valence-electron chi connectivity index (χ0n) is 11.0. The number of aliphatic carboxylic acids is 1. The van der Waals surface area contributed by atoms with Gasteiger partial charge in [-0.05, 0) is 12.8 Å². The van der Waals surface area contributed by atoms with Crippen LogP contribution in [-0.2, 0) is 9.59 Å². The molecule has 1 amide bonds. The molecule has 0 radical (unpaired) electrons. The average Bonchev–Trinajstić information content (AvgIpc) is 3.29. The third-order valence-corrected chi connectivity index (χ3v) is 4.01. The van der Waals surface area contributed by atoms with Crippen LogP contribution in [0.15, 0.2) is 18.6 Å². The second kappa shape index (κ2) is 4.73. The standard InChI is InChI=1S/C13H16N4O3/c18-11(13(1-2-13)12(19)20)17-7-5-16(6-8-17)10-9-14-3-4-15-10/h3-4,9H,1-2,5-8H2,(H,19,20). The number of hydrogen-bond donors (Lipinski definition) is 1. The maximum absolute atomic E-state index is 12.3. The zero-order valence-corrected chi connectivity index (χ0v) is 11.0. The highest BCUT2D eigenvalue weighted by Crippen LogP contribution is 2.47. The SMILES string of the molecule is O=C(O)C1(C(=O)N2CCN(c3cnccn3)CC2)CC1. The molecule has 1 aromatic rings. The number of nitrogens with zero attached hydrogens (tertiary/aromatic N) is 4. The summed E-state index contributed by atoms with van der Waals surface area (Å²) in [7, 11) is 0. The molecule has 0 unspecified atom stereocenters. The van der Waals surface area contributed by atoms with E-state index in [9.17, 15) is 9.59 Å². The van der Waals surface area contributed by atoms with Crippen LogP contribution in [0.3, 0.4) is 0 Å². The van der Waals surface area contributed by atoms with Crippen LogP contribution < -0.4 is 4.90 Å². The van der Waals surface area contributed by atoms with E-state index in [4.69, 9.17) is 5.11 Å². The number of piperazine rings is 1. The highest BCUT2D eigenvalue weighted by Gasteiger charge is 2.58. The van der Waals surface area contributed by atoms with Gasteiger partial charge < -0.3 is 14.9 Å². The summed E-state index contributed by atoms with van der Waals surface area (Å²) in [6.07, 6.45) is 5.87. The molecule has 106 valence electrons.